The molecule has 0 aromatic heterocycles. The highest BCUT2D eigenvalue weighted by molar-refractivity contribution is 5.16. The quantitative estimate of drug-likeness (QED) is 0.769. The van der Waals surface area contributed by atoms with Crippen molar-refractivity contribution in [3.05, 3.63) is 35.6 Å². The van der Waals surface area contributed by atoms with Crippen molar-refractivity contribution in [2.75, 3.05) is 0 Å². The Bertz CT molecular complexity index is 288. The van der Waals surface area contributed by atoms with Gasteiger partial charge in [0.15, 0.2) is 0 Å². The molecule has 0 aliphatic rings. The van der Waals surface area contributed by atoms with Gasteiger partial charge in [-0.25, -0.2) is 4.39 Å². The highest BCUT2D eigenvalue weighted by Crippen LogP contribution is 2.06. The molecule has 0 heterocycles. The monoisotopic (exact) mass is 197 g/mol. The van der Waals surface area contributed by atoms with E-state index < -0.39 is 6.10 Å². The smallest absolute Gasteiger partial charge is 0.127 e. The lowest BCUT2D eigenvalue weighted by molar-refractivity contribution is 0.152. The zero-order chi connectivity index (χ0) is 10.6. The van der Waals surface area contributed by atoms with Crippen molar-refractivity contribution in [1.29, 1.82) is 0 Å². The molecule has 0 saturated heterocycles. The molecule has 0 fully saturated rings. The predicted octanol–water partition coefficient (Wildman–Crippen LogP) is 1.68. The number of aliphatic hydroxyl groups excluding tert-OH is 1. The third-order valence-electron chi connectivity index (χ3n) is 2.30. The van der Waals surface area contributed by atoms with E-state index in [4.69, 9.17) is 0 Å². The van der Waals surface area contributed by atoms with Crippen LogP contribution in [-0.4, -0.2) is 17.3 Å². The van der Waals surface area contributed by atoms with E-state index >= 15 is 0 Å². The molecule has 0 aliphatic heterocycles. The van der Waals surface area contributed by atoms with Crippen LogP contribution in [0.2, 0.25) is 0 Å². The number of nitrogens with one attached hydrogen (secondary N) is 1. The zero-order valence-electron chi connectivity index (χ0n) is 8.50. The van der Waals surface area contributed by atoms with E-state index in [0.717, 1.165) is 0 Å². The maximum atomic E-state index is 13.1. The van der Waals surface area contributed by atoms with Gasteiger partial charge in [0.05, 0.1) is 6.10 Å². The molecule has 0 amide bonds. The number of aliphatic hydroxyl groups is 1. The minimum absolute atomic E-state index is 0.0328. The standard InChI is InChI=1S/C11H16FNO/c1-8(9(2)14)13-7-10-5-3-4-6-11(10)12/h3-6,8-9,13-14H,7H2,1-2H3. The topological polar surface area (TPSA) is 32.3 Å². The molecule has 0 spiro atoms. The van der Waals surface area contributed by atoms with E-state index in [-0.39, 0.29) is 11.9 Å². The van der Waals surface area contributed by atoms with E-state index in [1.807, 2.05) is 6.92 Å². The van der Waals surface area contributed by atoms with Crippen molar-refractivity contribution in [3.8, 4) is 0 Å². The van der Waals surface area contributed by atoms with E-state index in [1.54, 1.807) is 25.1 Å². The van der Waals surface area contributed by atoms with Crippen LogP contribution in [0.1, 0.15) is 19.4 Å². The summed E-state index contributed by atoms with van der Waals surface area (Å²) < 4.78 is 13.1. The van der Waals surface area contributed by atoms with Crippen molar-refractivity contribution in [2.24, 2.45) is 0 Å². The number of hydrogen-bond donors (Lipinski definition) is 2. The largest absolute Gasteiger partial charge is 0.392 e. The summed E-state index contributed by atoms with van der Waals surface area (Å²) in [7, 11) is 0. The van der Waals surface area contributed by atoms with Gasteiger partial charge >= 0.3 is 0 Å². The average molecular weight is 197 g/mol. The number of hydrogen-bond acceptors (Lipinski definition) is 2. The summed E-state index contributed by atoms with van der Waals surface area (Å²) in [4.78, 5) is 0. The maximum Gasteiger partial charge on any atom is 0.127 e. The Kier molecular flexibility index (Phi) is 4.04. The molecular formula is C11H16FNO. The Morgan fingerprint density at radius 3 is 2.57 bits per heavy atom. The van der Waals surface area contributed by atoms with E-state index in [9.17, 15) is 9.50 Å². The summed E-state index contributed by atoms with van der Waals surface area (Å²) in [5.41, 5.74) is 0.625. The second-order valence-corrected chi connectivity index (χ2v) is 3.50. The summed E-state index contributed by atoms with van der Waals surface area (Å²) in [6.07, 6.45) is -0.429. The minimum Gasteiger partial charge on any atom is -0.392 e. The van der Waals surface area contributed by atoms with Gasteiger partial charge in [-0.1, -0.05) is 18.2 Å². The molecule has 14 heavy (non-hydrogen) atoms. The van der Waals surface area contributed by atoms with Crippen molar-refractivity contribution >= 4 is 0 Å². The molecule has 2 unspecified atom stereocenters. The second kappa shape index (κ2) is 5.08. The molecule has 2 N–H and O–H groups in total. The molecule has 0 radical (unpaired) electrons. The first-order chi connectivity index (χ1) is 6.61. The number of halogens is 1. The van der Waals surface area contributed by atoms with Gasteiger partial charge in [-0.05, 0) is 19.9 Å². The van der Waals surface area contributed by atoms with Gasteiger partial charge in [-0.2, -0.15) is 0 Å². The number of rotatable bonds is 4. The van der Waals surface area contributed by atoms with Crippen LogP contribution in [0, 0.1) is 5.82 Å². The third-order valence-corrected chi connectivity index (χ3v) is 2.30. The van der Waals surface area contributed by atoms with E-state index in [2.05, 4.69) is 5.32 Å². The minimum atomic E-state index is -0.429. The van der Waals surface area contributed by atoms with E-state index in [0.29, 0.717) is 12.1 Å². The molecule has 3 heteroatoms. The first kappa shape index (κ1) is 11.1. The van der Waals surface area contributed by atoms with Crippen molar-refractivity contribution in [1.82, 2.24) is 5.32 Å². The van der Waals surface area contributed by atoms with Gasteiger partial charge in [-0.3, -0.25) is 0 Å². The highest BCUT2D eigenvalue weighted by atomic mass is 19.1. The van der Waals surface area contributed by atoms with Gasteiger partial charge in [0, 0.05) is 18.2 Å². The Morgan fingerprint density at radius 1 is 1.36 bits per heavy atom. The van der Waals surface area contributed by atoms with Crippen LogP contribution < -0.4 is 5.32 Å². The Morgan fingerprint density at radius 2 is 2.00 bits per heavy atom. The fraction of sp³-hybridized carbons (Fsp3) is 0.455. The van der Waals surface area contributed by atoms with Crippen molar-refractivity contribution in [3.63, 3.8) is 0 Å². The molecular weight excluding hydrogens is 181 g/mol. The summed E-state index contributed by atoms with van der Waals surface area (Å²) >= 11 is 0. The molecule has 78 valence electrons. The van der Waals surface area contributed by atoms with Gasteiger partial charge in [0.1, 0.15) is 5.82 Å². The van der Waals surface area contributed by atoms with Crippen LogP contribution in [0.25, 0.3) is 0 Å². The molecule has 1 aromatic rings. The summed E-state index contributed by atoms with van der Waals surface area (Å²) in [5, 5.41) is 12.3. The zero-order valence-corrected chi connectivity index (χ0v) is 8.50. The first-order valence-electron chi connectivity index (χ1n) is 4.76. The molecule has 0 saturated carbocycles. The summed E-state index contributed by atoms with van der Waals surface area (Å²) in [5.74, 6) is -0.210. The van der Waals surface area contributed by atoms with Crippen molar-refractivity contribution in [2.45, 2.75) is 32.5 Å². The lowest BCUT2D eigenvalue weighted by atomic mass is 10.1. The second-order valence-electron chi connectivity index (χ2n) is 3.50. The summed E-state index contributed by atoms with van der Waals surface area (Å²) in [6, 6.07) is 6.60. The van der Waals surface area contributed by atoms with Crippen LogP contribution in [0.3, 0.4) is 0 Å². The number of benzene rings is 1. The maximum absolute atomic E-state index is 13.1. The lowest BCUT2D eigenvalue weighted by Crippen LogP contribution is -2.35. The van der Waals surface area contributed by atoms with Crippen LogP contribution in [0.15, 0.2) is 24.3 Å². The van der Waals surface area contributed by atoms with Crippen molar-refractivity contribution < 1.29 is 9.50 Å². The molecule has 1 aromatic carbocycles. The molecule has 0 aliphatic carbocycles. The van der Waals surface area contributed by atoms with Gasteiger partial charge in [0.25, 0.3) is 0 Å². The molecule has 0 bridgehead atoms. The lowest BCUT2D eigenvalue weighted by Gasteiger charge is -2.16. The highest BCUT2D eigenvalue weighted by Gasteiger charge is 2.08. The average Bonchev–Trinajstić information content (AvgIpc) is 2.16. The molecule has 1 rings (SSSR count). The van der Waals surface area contributed by atoms with Crippen LogP contribution in [0.5, 0.6) is 0 Å². The fourth-order valence-corrected chi connectivity index (χ4v) is 1.08. The summed E-state index contributed by atoms with van der Waals surface area (Å²) in [6.45, 7) is 4.02. The third kappa shape index (κ3) is 3.09. The van der Waals surface area contributed by atoms with E-state index in [1.165, 1.54) is 6.07 Å². The fourth-order valence-electron chi connectivity index (χ4n) is 1.08. The normalized spacial score (nSPS) is 15.1. The van der Waals surface area contributed by atoms with Gasteiger partial charge < -0.3 is 10.4 Å². The Labute approximate surface area is 83.8 Å². The SMILES string of the molecule is CC(O)C(C)NCc1ccccc1F. The van der Waals surface area contributed by atoms with Crippen LogP contribution in [0.4, 0.5) is 4.39 Å². The predicted molar refractivity (Wildman–Crippen MR) is 54.4 cm³/mol. The first-order valence-corrected chi connectivity index (χ1v) is 4.76. The van der Waals surface area contributed by atoms with Crippen LogP contribution >= 0.6 is 0 Å². The Balaban J connectivity index is 2.50. The molecule has 2 atom stereocenters. The van der Waals surface area contributed by atoms with Crippen LogP contribution in [-0.2, 0) is 6.54 Å². The molecule has 2 nitrogen and oxygen atoms in total. The van der Waals surface area contributed by atoms with Gasteiger partial charge in [-0.15, -0.1) is 0 Å². The Hall–Kier alpha value is -0.930. The van der Waals surface area contributed by atoms with Gasteiger partial charge in [0.2, 0.25) is 0 Å².